The summed E-state index contributed by atoms with van der Waals surface area (Å²) in [5.41, 5.74) is 8.28. The average Bonchev–Trinajstić information content (AvgIpc) is 2.99. The molecule has 11 heteroatoms. The van der Waals surface area contributed by atoms with E-state index in [2.05, 4.69) is 0 Å². The molecule has 0 heterocycles. The summed E-state index contributed by atoms with van der Waals surface area (Å²) in [6.07, 6.45) is 0.197. The van der Waals surface area contributed by atoms with Gasteiger partial charge in [0.2, 0.25) is 0 Å². The van der Waals surface area contributed by atoms with Gasteiger partial charge in [-0.25, -0.2) is 17.2 Å². The van der Waals surface area contributed by atoms with Crippen molar-refractivity contribution in [1.82, 2.24) is 9.80 Å². The van der Waals surface area contributed by atoms with Crippen LogP contribution in [0.2, 0.25) is 0 Å². The van der Waals surface area contributed by atoms with Crippen LogP contribution in [0.15, 0.2) is 65.6 Å². The Morgan fingerprint density at radius 3 is 1.98 bits per heavy atom. The zero-order chi connectivity index (χ0) is 33.3. The number of aryl methyl sites for hydroxylation is 1. The molecule has 0 fully saturated rings. The molecule has 0 aliphatic heterocycles. The van der Waals surface area contributed by atoms with Crippen LogP contribution in [0.4, 0.5) is 8.78 Å². The highest BCUT2D eigenvalue weighted by atomic mass is 32.2. The molecule has 0 bridgehead atoms. The topological polar surface area (TPSA) is 121 Å². The predicted molar refractivity (Wildman–Crippen MR) is 171 cm³/mol. The van der Waals surface area contributed by atoms with Crippen molar-refractivity contribution in [3.63, 3.8) is 0 Å². The molecular formula is C34H43F2N3O5S. The first-order valence-electron chi connectivity index (χ1n) is 15.2. The molecule has 0 aliphatic carbocycles. The van der Waals surface area contributed by atoms with E-state index in [1.54, 1.807) is 43.0 Å². The number of amides is 2. The molecule has 0 unspecified atom stereocenters. The minimum absolute atomic E-state index is 0.0596. The molecule has 3 rings (SSSR count). The zero-order valence-electron chi connectivity index (χ0n) is 26.3. The minimum atomic E-state index is -3.52. The van der Waals surface area contributed by atoms with Crippen molar-refractivity contribution in [3.8, 4) is 0 Å². The summed E-state index contributed by atoms with van der Waals surface area (Å²) in [6.45, 7) is 8.11. The van der Waals surface area contributed by atoms with Crippen molar-refractivity contribution < 1.29 is 31.9 Å². The van der Waals surface area contributed by atoms with Crippen LogP contribution in [0.3, 0.4) is 0 Å². The maximum Gasteiger partial charge on any atom is 0.254 e. The second-order valence-electron chi connectivity index (χ2n) is 11.3. The highest BCUT2D eigenvalue weighted by molar-refractivity contribution is 7.91. The Hall–Kier alpha value is -3.67. The van der Waals surface area contributed by atoms with Gasteiger partial charge >= 0.3 is 0 Å². The Bertz CT molecular complexity index is 1570. The van der Waals surface area contributed by atoms with Gasteiger partial charge in [0.15, 0.2) is 9.84 Å². The van der Waals surface area contributed by atoms with Crippen LogP contribution < -0.4 is 5.73 Å². The molecule has 0 radical (unpaired) electrons. The Morgan fingerprint density at radius 2 is 1.42 bits per heavy atom. The van der Waals surface area contributed by atoms with Crippen molar-refractivity contribution >= 4 is 21.7 Å². The highest BCUT2D eigenvalue weighted by Gasteiger charge is 2.26. The number of nitrogens with zero attached hydrogens (tertiary/aromatic N) is 2. The lowest BCUT2D eigenvalue weighted by molar-refractivity contribution is 0.0554. The van der Waals surface area contributed by atoms with E-state index < -0.39 is 39.5 Å². The summed E-state index contributed by atoms with van der Waals surface area (Å²) >= 11 is 0. The van der Waals surface area contributed by atoms with E-state index in [-0.39, 0.29) is 47.2 Å². The second kappa shape index (κ2) is 16.1. The number of rotatable bonds is 15. The van der Waals surface area contributed by atoms with E-state index >= 15 is 0 Å². The maximum atomic E-state index is 14.1. The molecule has 0 saturated heterocycles. The summed E-state index contributed by atoms with van der Waals surface area (Å²) in [6, 6.07) is 13.1. The molecule has 0 aliphatic rings. The zero-order valence-corrected chi connectivity index (χ0v) is 27.1. The summed E-state index contributed by atoms with van der Waals surface area (Å²) in [5, 5.41) is 11.1. The third-order valence-electron chi connectivity index (χ3n) is 7.44. The third kappa shape index (κ3) is 9.91. The number of aliphatic hydroxyl groups is 1. The van der Waals surface area contributed by atoms with Gasteiger partial charge in [0.05, 0.1) is 16.8 Å². The number of hydrogen-bond acceptors (Lipinski definition) is 6. The SMILES string of the molecule is CCCN(CCC)C(=O)c1cc(C)cc(C(=O)N(Cc2cccc(S(=O)(=O)CC)c2)C[C@@H](O)[C@H](N)Cc2cc(F)cc(F)c2)c1. The van der Waals surface area contributed by atoms with Gasteiger partial charge in [0.25, 0.3) is 11.8 Å². The smallest absolute Gasteiger partial charge is 0.254 e. The van der Waals surface area contributed by atoms with Crippen molar-refractivity contribution in [1.29, 1.82) is 0 Å². The first-order valence-corrected chi connectivity index (χ1v) is 16.8. The van der Waals surface area contributed by atoms with Gasteiger partial charge in [-0.2, -0.15) is 0 Å². The number of aliphatic hydroxyl groups excluding tert-OH is 1. The summed E-state index contributed by atoms with van der Waals surface area (Å²) in [4.78, 5) is 30.7. The largest absolute Gasteiger partial charge is 0.390 e. The van der Waals surface area contributed by atoms with E-state index in [1.165, 1.54) is 23.1 Å². The van der Waals surface area contributed by atoms with E-state index in [9.17, 15) is 31.9 Å². The molecule has 0 aromatic heterocycles. The first-order chi connectivity index (χ1) is 21.3. The molecule has 3 aromatic carbocycles. The van der Waals surface area contributed by atoms with Crippen molar-refractivity contribution in [2.75, 3.05) is 25.4 Å². The molecule has 2 atom stereocenters. The van der Waals surface area contributed by atoms with Crippen LogP contribution in [0.25, 0.3) is 0 Å². The first kappa shape index (κ1) is 35.8. The lowest BCUT2D eigenvalue weighted by Gasteiger charge is -2.29. The molecule has 0 spiro atoms. The van der Waals surface area contributed by atoms with Crippen molar-refractivity contribution in [3.05, 3.63) is 100 Å². The monoisotopic (exact) mass is 643 g/mol. The molecule has 8 nitrogen and oxygen atoms in total. The van der Waals surface area contributed by atoms with Crippen molar-refractivity contribution in [2.45, 2.75) is 70.5 Å². The summed E-state index contributed by atoms with van der Waals surface area (Å²) in [5.74, 6) is -2.33. The van der Waals surface area contributed by atoms with Crippen LogP contribution in [0.5, 0.6) is 0 Å². The number of carbonyl (C=O) groups is 2. The van der Waals surface area contributed by atoms with Crippen LogP contribution in [-0.2, 0) is 22.8 Å². The Morgan fingerprint density at radius 1 is 0.844 bits per heavy atom. The Labute approximate surface area is 264 Å². The molecule has 45 heavy (non-hydrogen) atoms. The number of benzene rings is 3. The number of nitrogens with two attached hydrogens (primary N) is 1. The predicted octanol–water partition coefficient (Wildman–Crippen LogP) is 4.90. The van der Waals surface area contributed by atoms with E-state index in [4.69, 9.17) is 5.73 Å². The van der Waals surface area contributed by atoms with Crippen LogP contribution in [-0.4, -0.2) is 72.7 Å². The molecule has 2 amide bonds. The molecular weight excluding hydrogens is 600 g/mol. The van der Waals surface area contributed by atoms with Gasteiger partial charge in [-0.15, -0.1) is 0 Å². The second-order valence-corrected chi connectivity index (χ2v) is 13.6. The number of sulfone groups is 1. The average molecular weight is 644 g/mol. The highest BCUT2D eigenvalue weighted by Crippen LogP contribution is 2.20. The lowest BCUT2D eigenvalue weighted by atomic mass is 10.00. The molecule has 244 valence electrons. The fourth-order valence-electron chi connectivity index (χ4n) is 5.19. The maximum absolute atomic E-state index is 14.1. The number of hydrogen-bond donors (Lipinski definition) is 2. The van der Waals surface area contributed by atoms with Gasteiger partial charge in [-0.05, 0) is 85.3 Å². The fourth-order valence-corrected chi connectivity index (χ4v) is 6.14. The van der Waals surface area contributed by atoms with E-state index in [1.807, 2.05) is 13.8 Å². The van der Waals surface area contributed by atoms with Crippen LogP contribution >= 0.6 is 0 Å². The summed E-state index contributed by atoms with van der Waals surface area (Å²) in [7, 11) is -3.52. The Balaban J connectivity index is 1.97. The summed E-state index contributed by atoms with van der Waals surface area (Å²) < 4.78 is 52.6. The van der Waals surface area contributed by atoms with Gasteiger partial charge < -0.3 is 20.6 Å². The third-order valence-corrected chi connectivity index (χ3v) is 9.17. The molecule has 0 saturated carbocycles. The quantitative estimate of drug-likeness (QED) is 0.243. The van der Waals surface area contributed by atoms with Crippen molar-refractivity contribution in [2.24, 2.45) is 5.73 Å². The van der Waals surface area contributed by atoms with E-state index in [0.29, 0.717) is 29.8 Å². The van der Waals surface area contributed by atoms with Gasteiger partial charge in [-0.3, -0.25) is 9.59 Å². The fraction of sp³-hybridized carbons (Fsp3) is 0.412. The lowest BCUT2D eigenvalue weighted by Crippen LogP contribution is -2.46. The van der Waals surface area contributed by atoms with Gasteiger partial charge in [-0.1, -0.05) is 32.9 Å². The van der Waals surface area contributed by atoms with Crippen LogP contribution in [0.1, 0.15) is 71.0 Å². The minimum Gasteiger partial charge on any atom is -0.390 e. The van der Waals surface area contributed by atoms with Gasteiger partial charge in [0, 0.05) is 49.4 Å². The normalized spacial score (nSPS) is 12.9. The number of carbonyl (C=O) groups excluding carboxylic acids is 2. The Kier molecular flexibility index (Phi) is 12.8. The van der Waals surface area contributed by atoms with Gasteiger partial charge in [0.1, 0.15) is 11.6 Å². The molecule has 3 N–H and O–H groups in total. The van der Waals surface area contributed by atoms with Crippen LogP contribution in [0, 0.1) is 18.6 Å². The molecule has 3 aromatic rings. The number of halogens is 2. The van der Waals surface area contributed by atoms with E-state index in [0.717, 1.165) is 31.0 Å². The standard InChI is InChI=1S/C34H43F2N3O5S/c1-5-11-38(12-6-2)33(41)26-13-23(4)14-27(19-26)34(42)39(21-24-9-8-10-30(17-24)45(43,44)7-3)22-32(40)31(37)18-25-15-28(35)20-29(36)16-25/h8-10,13-17,19-20,31-32,40H,5-7,11-12,18,21-22,37H2,1-4H3/t31-,32-/m1/s1.